The van der Waals surface area contributed by atoms with Gasteiger partial charge in [0.05, 0.1) is 4.92 Å². The lowest BCUT2D eigenvalue weighted by molar-refractivity contribution is -0.385. The summed E-state index contributed by atoms with van der Waals surface area (Å²) in [4.78, 5) is 9.91. The maximum absolute atomic E-state index is 10.5. The van der Waals surface area contributed by atoms with Gasteiger partial charge in [-0.05, 0) is 24.5 Å². The van der Waals surface area contributed by atoms with Crippen LogP contribution in [0.2, 0.25) is 0 Å². The first-order chi connectivity index (χ1) is 6.65. The highest BCUT2D eigenvalue weighted by Gasteiger charge is 2.12. The highest BCUT2D eigenvalue weighted by atomic mass is 79.9. The molecular formula is C9H10BrNO3. The van der Waals surface area contributed by atoms with Crippen LogP contribution in [0.4, 0.5) is 5.69 Å². The fraction of sp³-hybridized carbons (Fsp3) is 0.333. The quantitative estimate of drug-likeness (QED) is 0.514. The van der Waals surface area contributed by atoms with Crippen LogP contribution in [0.25, 0.3) is 0 Å². The molecule has 0 aliphatic heterocycles. The maximum Gasteiger partial charge on any atom is 0.310 e. The van der Waals surface area contributed by atoms with Crippen molar-refractivity contribution >= 4 is 21.6 Å². The predicted octanol–water partition coefficient (Wildman–Crippen LogP) is 2.63. The topological polar surface area (TPSA) is 63.4 Å². The van der Waals surface area contributed by atoms with Crippen LogP contribution in [0.3, 0.4) is 0 Å². The summed E-state index contributed by atoms with van der Waals surface area (Å²) >= 11 is 3.29. The van der Waals surface area contributed by atoms with Crippen molar-refractivity contribution < 1.29 is 10.0 Å². The summed E-state index contributed by atoms with van der Waals surface area (Å²) in [5.41, 5.74) is 0.644. The number of hydrogen-bond donors (Lipinski definition) is 1. The lowest BCUT2D eigenvalue weighted by Gasteiger charge is -2.00. The summed E-state index contributed by atoms with van der Waals surface area (Å²) in [6.07, 6.45) is 1.69. The Balaban J connectivity index is 2.89. The minimum atomic E-state index is -0.576. The van der Waals surface area contributed by atoms with Crippen molar-refractivity contribution in [1.29, 1.82) is 0 Å². The van der Waals surface area contributed by atoms with Gasteiger partial charge in [0.2, 0.25) is 0 Å². The molecule has 0 radical (unpaired) electrons. The second kappa shape index (κ2) is 4.95. The highest BCUT2D eigenvalue weighted by Crippen LogP contribution is 2.26. The first kappa shape index (κ1) is 11.0. The van der Waals surface area contributed by atoms with Gasteiger partial charge in [-0.15, -0.1) is 0 Å². The molecule has 1 N–H and O–H groups in total. The van der Waals surface area contributed by atoms with Crippen LogP contribution in [0.5, 0.6) is 5.75 Å². The Morgan fingerprint density at radius 2 is 2.21 bits per heavy atom. The summed E-state index contributed by atoms with van der Waals surface area (Å²) in [5.74, 6) is -0.280. The van der Waals surface area contributed by atoms with E-state index in [4.69, 9.17) is 0 Å². The Hall–Kier alpha value is -1.10. The number of phenols is 1. The predicted molar refractivity (Wildman–Crippen MR) is 56.9 cm³/mol. The van der Waals surface area contributed by atoms with E-state index >= 15 is 0 Å². The van der Waals surface area contributed by atoms with Gasteiger partial charge in [-0.2, -0.15) is 0 Å². The molecule has 76 valence electrons. The molecule has 0 bridgehead atoms. The Bertz CT molecular complexity index is 341. The lowest BCUT2D eigenvalue weighted by Crippen LogP contribution is -1.92. The van der Waals surface area contributed by atoms with E-state index in [0.717, 1.165) is 23.7 Å². The van der Waals surface area contributed by atoms with E-state index in [0.29, 0.717) is 0 Å². The van der Waals surface area contributed by atoms with Gasteiger partial charge in [0, 0.05) is 11.4 Å². The third-order valence-corrected chi connectivity index (χ3v) is 2.40. The van der Waals surface area contributed by atoms with Crippen molar-refractivity contribution in [2.45, 2.75) is 12.8 Å². The van der Waals surface area contributed by atoms with E-state index in [1.807, 2.05) is 0 Å². The Morgan fingerprint density at radius 1 is 1.50 bits per heavy atom. The molecule has 0 spiro atoms. The summed E-state index contributed by atoms with van der Waals surface area (Å²) in [7, 11) is 0. The first-order valence-electron chi connectivity index (χ1n) is 4.17. The van der Waals surface area contributed by atoms with Gasteiger partial charge >= 0.3 is 5.69 Å². The molecule has 0 fully saturated rings. The highest BCUT2D eigenvalue weighted by molar-refractivity contribution is 9.09. The van der Waals surface area contributed by atoms with E-state index in [1.54, 1.807) is 6.07 Å². The monoisotopic (exact) mass is 259 g/mol. The molecule has 0 unspecified atom stereocenters. The van der Waals surface area contributed by atoms with Crippen molar-refractivity contribution in [1.82, 2.24) is 0 Å². The molecule has 0 heterocycles. The average molecular weight is 260 g/mol. The van der Waals surface area contributed by atoms with Crippen LogP contribution in [0.15, 0.2) is 18.2 Å². The van der Waals surface area contributed by atoms with Crippen molar-refractivity contribution in [2.24, 2.45) is 0 Å². The number of halogens is 1. The molecule has 5 heteroatoms. The zero-order valence-electron chi connectivity index (χ0n) is 7.44. The van der Waals surface area contributed by atoms with Crippen LogP contribution in [0.1, 0.15) is 12.0 Å². The van der Waals surface area contributed by atoms with E-state index in [1.165, 1.54) is 12.1 Å². The third-order valence-electron chi connectivity index (χ3n) is 1.84. The average Bonchev–Trinajstić information content (AvgIpc) is 2.16. The standard InChI is InChI=1S/C9H10BrNO3/c10-5-1-2-7-3-4-9(12)8(6-7)11(13)14/h3-4,6,12H,1-2,5H2. The number of aromatic hydroxyl groups is 1. The molecule has 0 saturated carbocycles. The zero-order chi connectivity index (χ0) is 10.6. The summed E-state index contributed by atoms with van der Waals surface area (Å²) in [6.45, 7) is 0. The number of aryl methyl sites for hydroxylation is 1. The molecule has 0 aromatic heterocycles. The van der Waals surface area contributed by atoms with Crippen molar-refractivity contribution in [3.05, 3.63) is 33.9 Å². The largest absolute Gasteiger partial charge is 0.502 e. The van der Waals surface area contributed by atoms with Crippen LogP contribution >= 0.6 is 15.9 Å². The zero-order valence-corrected chi connectivity index (χ0v) is 9.03. The molecule has 4 nitrogen and oxygen atoms in total. The normalized spacial score (nSPS) is 10.1. The molecule has 0 saturated heterocycles. The van der Waals surface area contributed by atoms with Gasteiger partial charge in [0.25, 0.3) is 0 Å². The van der Waals surface area contributed by atoms with Gasteiger partial charge in [-0.1, -0.05) is 22.0 Å². The molecule has 0 aliphatic rings. The Morgan fingerprint density at radius 3 is 2.79 bits per heavy atom. The second-order valence-electron chi connectivity index (χ2n) is 2.87. The number of hydrogen-bond acceptors (Lipinski definition) is 3. The van der Waals surface area contributed by atoms with Crippen LogP contribution in [0, 0.1) is 10.1 Å². The molecule has 14 heavy (non-hydrogen) atoms. The molecule has 0 aliphatic carbocycles. The number of nitro groups is 1. The number of nitro benzene ring substituents is 1. The van der Waals surface area contributed by atoms with E-state index in [-0.39, 0.29) is 11.4 Å². The van der Waals surface area contributed by atoms with Gasteiger partial charge < -0.3 is 5.11 Å². The fourth-order valence-corrected chi connectivity index (χ4v) is 1.42. The first-order valence-corrected chi connectivity index (χ1v) is 5.29. The van der Waals surface area contributed by atoms with Gasteiger partial charge in [0.1, 0.15) is 0 Å². The molecule has 1 aromatic rings. The van der Waals surface area contributed by atoms with Crippen LogP contribution < -0.4 is 0 Å². The number of rotatable bonds is 4. The van der Waals surface area contributed by atoms with E-state index < -0.39 is 4.92 Å². The second-order valence-corrected chi connectivity index (χ2v) is 3.67. The summed E-state index contributed by atoms with van der Waals surface area (Å²) in [5, 5.41) is 20.5. The lowest BCUT2D eigenvalue weighted by atomic mass is 10.1. The Kier molecular flexibility index (Phi) is 3.88. The SMILES string of the molecule is O=[N+]([O-])c1cc(CCCBr)ccc1O. The number of benzene rings is 1. The maximum atomic E-state index is 10.5. The third kappa shape index (κ3) is 2.70. The minimum Gasteiger partial charge on any atom is -0.502 e. The van der Waals surface area contributed by atoms with Crippen LogP contribution in [-0.4, -0.2) is 15.4 Å². The minimum absolute atomic E-state index is 0.225. The van der Waals surface area contributed by atoms with Gasteiger partial charge in [0.15, 0.2) is 5.75 Å². The van der Waals surface area contributed by atoms with Crippen molar-refractivity contribution in [3.8, 4) is 5.75 Å². The smallest absolute Gasteiger partial charge is 0.310 e. The molecule has 1 rings (SSSR count). The van der Waals surface area contributed by atoms with E-state index in [9.17, 15) is 15.2 Å². The van der Waals surface area contributed by atoms with Crippen molar-refractivity contribution in [3.63, 3.8) is 0 Å². The number of nitrogens with zero attached hydrogens (tertiary/aromatic N) is 1. The van der Waals surface area contributed by atoms with Crippen LogP contribution in [-0.2, 0) is 6.42 Å². The fourth-order valence-electron chi connectivity index (χ4n) is 1.14. The summed E-state index contributed by atoms with van der Waals surface area (Å²) < 4.78 is 0. The number of alkyl halides is 1. The molecule has 0 atom stereocenters. The number of phenolic OH excluding ortho intramolecular Hbond substituents is 1. The van der Waals surface area contributed by atoms with E-state index in [2.05, 4.69) is 15.9 Å². The van der Waals surface area contributed by atoms with Crippen molar-refractivity contribution in [2.75, 3.05) is 5.33 Å². The summed E-state index contributed by atoms with van der Waals surface area (Å²) in [6, 6.07) is 4.48. The van der Waals surface area contributed by atoms with Gasteiger partial charge in [-0.3, -0.25) is 10.1 Å². The molecular weight excluding hydrogens is 250 g/mol. The Labute approximate surface area is 89.8 Å². The molecule has 1 aromatic carbocycles. The molecule has 0 amide bonds. The van der Waals surface area contributed by atoms with Gasteiger partial charge in [-0.25, -0.2) is 0 Å².